The summed E-state index contributed by atoms with van der Waals surface area (Å²) >= 11 is 0. The standard InChI is InChI=1S/C21H21N3O3/c1-14(2)17-7-3-4-8-18(17)24-21(26)19-12-15(9-10-22-19)20(25)23-13-16-6-5-11-27-16/h3-12,14H,13H2,1-2H3,(H,23,25)(H,24,26). The second-order valence-corrected chi connectivity index (χ2v) is 6.39. The lowest BCUT2D eigenvalue weighted by Crippen LogP contribution is -2.23. The molecule has 0 aliphatic rings. The molecule has 3 aromatic rings. The maximum Gasteiger partial charge on any atom is 0.274 e. The molecule has 0 bridgehead atoms. The van der Waals surface area contributed by atoms with Gasteiger partial charge in [-0.15, -0.1) is 0 Å². The van der Waals surface area contributed by atoms with Crippen LogP contribution in [0.15, 0.2) is 65.4 Å². The highest BCUT2D eigenvalue weighted by Crippen LogP contribution is 2.24. The van der Waals surface area contributed by atoms with Crippen LogP contribution in [0, 0.1) is 0 Å². The zero-order valence-corrected chi connectivity index (χ0v) is 15.2. The maximum atomic E-state index is 12.6. The minimum atomic E-state index is -0.358. The molecule has 6 nitrogen and oxygen atoms in total. The highest BCUT2D eigenvalue weighted by atomic mass is 16.3. The van der Waals surface area contributed by atoms with E-state index in [1.165, 1.54) is 12.3 Å². The van der Waals surface area contributed by atoms with E-state index in [4.69, 9.17) is 4.42 Å². The first-order chi connectivity index (χ1) is 13.0. The van der Waals surface area contributed by atoms with Gasteiger partial charge < -0.3 is 15.1 Å². The number of para-hydroxylation sites is 1. The monoisotopic (exact) mass is 363 g/mol. The Morgan fingerprint density at radius 1 is 1.07 bits per heavy atom. The van der Waals surface area contributed by atoms with Gasteiger partial charge in [-0.1, -0.05) is 32.0 Å². The van der Waals surface area contributed by atoms with Crippen molar-refractivity contribution in [3.63, 3.8) is 0 Å². The van der Waals surface area contributed by atoms with E-state index in [9.17, 15) is 9.59 Å². The molecule has 0 fully saturated rings. The summed E-state index contributed by atoms with van der Waals surface area (Å²) < 4.78 is 5.19. The van der Waals surface area contributed by atoms with E-state index < -0.39 is 0 Å². The number of nitrogens with zero attached hydrogens (tertiary/aromatic N) is 1. The van der Waals surface area contributed by atoms with E-state index >= 15 is 0 Å². The van der Waals surface area contributed by atoms with Gasteiger partial charge in [-0.3, -0.25) is 14.6 Å². The van der Waals surface area contributed by atoms with Gasteiger partial charge in [0.05, 0.1) is 12.8 Å². The Kier molecular flexibility index (Phi) is 5.66. The molecule has 3 rings (SSSR count). The fourth-order valence-corrected chi connectivity index (χ4v) is 2.68. The van der Waals surface area contributed by atoms with E-state index in [2.05, 4.69) is 29.5 Å². The third-order valence-corrected chi connectivity index (χ3v) is 4.09. The average Bonchev–Trinajstić information content (AvgIpc) is 3.20. The number of carbonyl (C=O) groups is 2. The minimum absolute atomic E-state index is 0.180. The Bertz CT molecular complexity index is 933. The number of anilines is 1. The smallest absolute Gasteiger partial charge is 0.274 e. The number of carbonyl (C=O) groups excluding carboxylic acids is 2. The number of furan rings is 1. The summed E-state index contributed by atoms with van der Waals surface area (Å²) in [5, 5.41) is 5.63. The summed E-state index contributed by atoms with van der Waals surface area (Å²) in [7, 11) is 0. The van der Waals surface area contributed by atoms with Crippen LogP contribution in [0.25, 0.3) is 0 Å². The number of aromatic nitrogens is 1. The van der Waals surface area contributed by atoms with Crippen molar-refractivity contribution in [3.05, 3.63) is 83.6 Å². The van der Waals surface area contributed by atoms with Crippen molar-refractivity contribution in [2.24, 2.45) is 0 Å². The van der Waals surface area contributed by atoms with Crippen molar-refractivity contribution in [1.82, 2.24) is 10.3 Å². The van der Waals surface area contributed by atoms with E-state index in [-0.39, 0.29) is 30.0 Å². The molecule has 6 heteroatoms. The molecule has 0 atom stereocenters. The van der Waals surface area contributed by atoms with Crippen LogP contribution in [-0.2, 0) is 6.54 Å². The van der Waals surface area contributed by atoms with Crippen molar-refractivity contribution in [2.45, 2.75) is 26.3 Å². The number of hydrogen-bond donors (Lipinski definition) is 2. The third kappa shape index (κ3) is 4.61. The average molecular weight is 363 g/mol. The van der Waals surface area contributed by atoms with Gasteiger partial charge in [0.25, 0.3) is 11.8 Å². The molecule has 0 radical (unpaired) electrons. The van der Waals surface area contributed by atoms with Crippen molar-refractivity contribution in [3.8, 4) is 0 Å². The number of hydrogen-bond acceptors (Lipinski definition) is 4. The molecule has 138 valence electrons. The van der Waals surface area contributed by atoms with Gasteiger partial charge in [0.15, 0.2) is 0 Å². The van der Waals surface area contributed by atoms with Crippen LogP contribution in [0.3, 0.4) is 0 Å². The molecule has 1 aromatic carbocycles. The van der Waals surface area contributed by atoms with Crippen LogP contribution >= 0.6 is 0 Å². The lowest BCUT2D eigenvalue weighted by Gasteiger charge is -2.13. The Hall–Kier alpha value is -3.41. The fourth-order valence-electron chi connectivity index (χ4n) is 2.68. The molecule has 2 amide bonds. The zero-order chi connectivity index (χ0) is 19.2. The SMILES string of the molecule is CC(C)c1ccccc1NC(=O)c1cc(C(=O)NCc2ccco2)ccn1. The quantitative estimate of drug-likeness (QED) is 0.694. The van der Waals surface area contributed by atoms with Crippen LogP contribution < -0.4 is 10.6 Å². The first-order valence-electron chi connectivity index (χ1n) is 8.71. The zero-order valence-electron chi connectivity index (χ0n) is 15.2. The summed E-state index contributed by atoms with van der Waals surface area (Å²) in [5.41, 5.74) is 2.32. The third-order valence-electron chi connectivity index (χ3n) is 4.09. The number of nitrogens with one attached hydrogen (secondary N) is 2. The van der Waals surface area contributed by atoms with Crippen molar-refractivity contribution < 1.29 is 14.0 Å². The summed E-state index contributed by atoms with van der Waals surface area (Å²) in [6.07, 6.45) is 3.00. The lowest BCUT2D eigenvalue weighted by molar-refractivity contribution is 0.0948. The number of benzene rings is 1. The molecule has 0 spiro atoms. The molecule has 2 N–H and O–H groups in total. The number of amides is 2. The predicted molar refractivity (Wildman–Crippen MR) is 103 cm³/mol. The summed E-state index contributed by atoms with van der Waals surface area (Å²) in [5.74, 6) is 0.267. The molecule has 2 heterocycles. The Morgan fingerprint density at radius 3 is 2.63 bits per heavy atom. The van der Waals surface area contributed by atoms with Crippen LogP contribution in [0.1, 0.15) is 51.9 Å². The molecule has 27 heavy (non-hydrogen) atoms. The van der Waals surface area contributed by atoms with Crippen LogP contribution in [0.5, 0.6) is 0 Å². The van der Waals surface area contributed by atoms with Gasteiger partial charge in [0.1, 0.15) is 11.5 Å². The normalized spacial score (nSPS) is 10.6. The Labute approximate surface area is 157 Å². The molecule has 0 unspecified atom stereocenters. The molecule has 0 saturated heterocycles. The molecule has 2 aromatic heterocycles. The van der Waals surface area contributed by atoms with Gasteiger partial charge in [0, 0.05) is 17.4 Å². The Morgan fingerprint density at radius 2 is 1.89 bits per heavy atom. The van der Waals surface area contributed by atoms with E-state index in [1.54, 1.807) is 24.5 Å². The topological polar surface area (TPSA) is 84.2 Å². The first-order valence-corrected chi connectivity index (χ1v) is 8.71. The molecule has 0 saturated carbocycles. The van der Waals surface area contributed by atoms with Crippen LogP contribution in [0.4, 0.5) is 5.69 Å². The number of pyridine rings is 1. The highest BCUT2D eigenvalue weighted by Gasteiger charge is 2.14. The summed E-state index contributed by atoms with van der Waals surface area (Å²) in [6, 6.07) is 14.2. The maximum absolute atomic E-state index is 12.6. The van der Waals surface area contributed by atoms with Gasteiger partial charge in [-0.2, -0.15) is 0 Å². The van der Waals surface area contributed by atoms with Crippen molar-refractivity contribution in [2.75, 3.05) is 5.32 Å². The van der Waals surface area contributed by atoms with Gasteiger partial charge in [-0.05, 0) is 41.8 Å². The van der Waals surface area contributed by atoms with E-state index in [0.717, 1.165) is 11.3 Å². The second-order valence-electron chi connectivity index (χ2n) is 6.39. The van der Waals surface area contributed by atoms with E-state index in [0.29, 0.717) is 11.3 Å². The van der Waals surface area contributed by atoms with Crippen LogP contribution in [0.2, 0.25) is 0 Å². The highest BCUT2D eigenvalue weighted by molar-refractivity contribution is 6.05. The summed E-state index contributed by atoms with van der Waals surface area (Å²) in [4.78, 5) is 29.0. The van der Waals surface area contributed by atoms with E-state index in [1.807, 2.05) is 24.3 Å². The lowest BCUT2D eigenvalue weighted by atomic mass is 10.0. The Balaban J connectivity index is 1.71. The minimum Gasteiger partial charge on any atom is -0.467 e. The molecular formula is C21H21N3O3. The first kappa shape index (κ1) is 18.4. The number of rotatable bonds is 6. The predicted octanol–water partition coefficient (Wildman–Crippen LogP) is 3.98. The molecule has 0 aliphatic heterocycles. The largest absolute Gasteiger partial charge is 0.467 e. The van der Waals surface area contributed by atoms with Gasteiger partial charge in [-0.25, -0.2) is 0 Å². The summed E-state index contributed by atoms with van der Waals surface area (Å²) in [6.45, 7) is 4.40. The van der Waals surface area contributed by atoms with Gasteiger partial charge >= 0.3 is 0 Å². The van der Waals surface area contributed by atoms with Crippen molar-refractivity contribution >= 4 is 17.5 Å². The fraction of sp³-hybridized carbons (Fsp3) is 0.190. The molecule has 0 aliphatic carbocycles. The van der Waals surface area contributed by atoms with Crippen LogP contribution in [-0.4, -0.2) is 16.8 Å². The van der Waals surface area contributed by atoms with Crippen molar-refractivity contribution in [1.29, 1.82) is 0 Å². The molecular weight excluding hydrogens is 342 g/mol. The second kappa shape index (κ2) is 8.31. The van der Waals surface area contributed by atoms with Gasteiger partial charge in [0.2, 0.25) is 0 Å².